The van der Waals surface area contributed by atoms with Crippen LogP contribution in [-0.4, -0.2) is 54.8 Å². The van der Waals surface area contributed by atoms with Gasteiger partial charge in [-0.2, -0.15) is 0 Å². The van der Waals surface area contributed by atoms with Crippen molar-refractivity contribution in [3.8, 4) is 0 Å². The zero-order valence-corrected chi connectivity index (χ0v) is 13.0. The number of carbonyl (C=O) groups excluding carboxylic acids is 2. The van der Waals surface area contributed by atoms with Crippen molar-refractivity contribution >= 4 is 21.7 Å². The third-order valence-electron chi connectivity index (χ3n) is 4.98. The van der Waals surface area contributed by atoms with Gasteiger partial charge in [-0.05, 0) is 19.3 Å². The second kappa shape index (κ2) is 5.26. The van der Waals surface area contributed by atoms with E-state index in [0.29, 0.717) is 25.8 Å². The summed E-state index contributed by atoms with van der Waals surface area (Å²) >= 11 is 0. The Balaban J connectivity index is 1.87. The Bertz CT molecular complexity index is 551. The minimum Gasteiger partial charge on any atom is -0.342 e. The van der Waals surface area contributed by atoms with Gasteiger partial charge in [-0.25, -0.2) is 8.42 Å². The fourth-order valence-electron chi connectivity index (χ4n) is 3.85. The first kappa shape index (κ1) is 14.8. The van der Waals surface area contributed by atoms with Crippen LogP contribution in [0.3, 0.4) is 0 Å². The van der Waals surface area contributed by atoms with Gasteiger partial charge in [0.2, 0.25) is 11.8 Å². The van der Waals surface area contributed by atoms with Crippen LogP contribution in [0.25, 0.3) is 0 Å². The Morgan fingerprint density at radius 3 is 2.48 bits per heavy atom. The number of sulfone groups is 1. The lowest BCUT2D eigenvalue weighted by Crippen LogP contribution is -2.59. The number of carbonyl (C=O) groups is 2. The Labute approximate surface area is 125 Å². The third-order valence-corrected chi connectivity index (χ3v) is 6.74. The zero-order valence-electron chi connectivity index (χ0n) is 12.1. The lowest BCUT2D eigenvalue weighted by atomic mass is 9.80. The van der Waals surface area contributed by atoms with Crippen molar-refractivity contribution in [2.24, 2.45) is 0 Å². The van der Waals surface area contributed by atoms with E-state index in [1.54, 1.807) is 4.90 Å². The fraction of sp³-hybridized carbons (Fsp3) is 0.857. The van der Waals surface area contributed by atoms with Crippen LogP contribution in [0.2, 0.25) is 0 Å². The molecule has 2 amide bonds. The van der Waals surface area contributed by atoms with E-state index < -0.39 is 15.4 Å². The van der Waals surface area contributed by atoms with Crippen molar-refractivity contribution in [3.05, 3.63) is 0 Å². The van der Waals surface area contributed by atoms with Gasteiger partial charge < -0.3 is 10.2 Å². The van der Waals surface area contributed by atoms with Crippen LogP contribution in [0.15, 0.2) is 0 Å². The van der Waals surface area contributed by atoms with E-state index in [2.05, 4.69) is 5.32 Å². The van der Waals surface area contributed by atoms with Gasteiger partial charge in [0.15, 0.2) is 9.84 Å². The SMILES string of the molecule is O=C1CCN(C2CCS(=O)(=O)C2)C(=O)C2(CCCCC2)N1. The smallest absolute Gasteiger partial charge is 0.248 e. The van der Waals surface area contributed by atoms with Gasteiger partial charge in [-0.3, -0.25) is 9.59 Å². The zero-order chi connectivity index (χ0) is 15.1. The first-order valence-electron chi connectivity index (χ1n) is 7.74. The molecule has 1 spiro atoms. The van der Waals surface area contributed by atoms with E-state index in [1.807, 2.05) is 0 Å². The van der Waals surface area contributed by atoms with Crippen LogP contribution >= 0.6 is 0 Å². The molecule has 3 aliphatic rings. The molecule has 2 aliphatic heterocycles. The van der Waals surface area contributed by atoms with Gasteiger partial charge in [0.1, 0.15) is 5.54 Å². The minimum absolute atomic E-state index is 0.0447. The molecular weight excluding hydrogens is 292 g/mol. The average Bonchev–Trinajstić information content (AvgIpc) is 2.74. The summed E-state index contributed by atoms with van der Waals surface area (Å²) in [7, 11) is -3.04. The van der Waals surface area contributed by atoms with Crippen molar-refractivity contribution in [2.75, 3.05) is 18.1 Å². The molecule has 0 aromatic rings. The molecule has 1 atom stereocenters. The van der Waals surface area contributed by atoms with Crippen LogP contribution in [0, 0.1) is 0 Å². The van der Waals surface area contributed by atoms with Crippen molar-refractivity contribution in [1.29, 1.82) is 0 Å². The maximum absolute atomic E-state index is 13.0. The molecule has 21 heavy (non-hydrogen) atoms. The van der Waals surface area contributed by atoms with E-state index >= 15 is 0 Å². The van der Waals surface area contributed by atoms with E-state index in [4.69, 9.17) is 0 Å². The highest BCUT2D eigenvalue weighted by Crippen LogP contribution is 2.33. The molecule has 3 fully saturated rings. The lowest BCUT2D eigenvalue weighted by molar-refractivity contribution is -0.142. The van der Waals surface area contributed by atoms with Gasteiger partial charge in [0.25, 0.3) is 0 Å². The predicted molar refractivity (Wildman–Crippen MR) is 77.3 cm³/mol. The summed E-state index contributed by atoms with van der Waals surface area (Å²) in [5, 5.41) is 2.94. The molecule has 1 saturated carbocycles. The molecule has 2 heterocycles. The summed E-state index contributed by atoms with van der Waals surface area (Å²) in [5.74, 6) is 0.0440. The molecule has 2 saturated heterocycles. The number of nitrogens with one attached hydrogen (secondary N) is 1. The summed E-state index contributed by atoms with van der Waals surface area (Å²) in [5.41, 5.74) is -0.780. The van der Waals surface area contributed by atoms with Gasteiger partial charge >= 0.3 is 0 Å². The largest absolute Gasteiger partial charge is 0.342 e. The molecular formula is C14H22N2O4S. The summed E-state index contributed by atoms with van der Waals surface area (Å²) in [4.78, 5) is 26.6. The van der Waals surface area contributed by atoms with Crippen LogP contribution in [0.1, 0.15) is 44.9 Å². The van der Waals surface area contributed by atoms with Crippen LogP contribution in [0.4, 0.5) is 0 Å². The second-order valence-corrected chi connectivity index (χ2v) is 8.73. The highest BCUT2D eigenvalue weighted by atomic mass is 32.2. The highest BCUT2D eigenvalue weighted by molar-refractivity contribution is 7.91. The third kappa shape index (κ3) is 2.80. The normalized spacial score (nSPS) is 32.0. The van der Waals surface area contributed by atoms with Gasteiger partial charge in [0, 0.05) is 19.0 Å². The summed E-state index contributed by atoms with van der Waals surface area (Å²) < 4.78 is 23.4. The van der Waals surface area contributed by atoms with Crippen molar-refractivity contribution < 1.29 is 18.0 Å². The predicted octanol–water partition coefficient (Wildman–Crippen LogP) is 0.225. The monoisotopic (exact) mass is 314 g/mol. The first-order chi connectivity index (χ1) is 9.92. The number of nitrogens with zero attached hydrogens (tertiary/aromatic N) is 1. The van der Waals surface area contributed by atoms with E-state index in [-0.39, 0.29) is 35.8 Å². The molecule has 1 unspecified atom stereocenters. The highest BCUT2D eigenvalue weighted by Gasteiger charge is 2.48. The molecule has 1 N–H and O–H groups in total. The molecule has 7 heteroatoms. The maximum Gasteiger partial charge on any atom is 0.248 e. The Morgan fingerprint density at radius 1 is 1.14 bits per heavy atom. The van der Waals surface area contributed by atoms with E-state index in [0.717, 1.165) is 19.3 Å². The molecule has 3 rings (SSSR count). The number of rotatable bonds is 1. The average molecular weight is 314 g/mol. The Hall–Kier alpha value is -1.11. The number of amides is 2. The molecule has 1 aliphatic carbocycles. The molecule has 0 radical (unpaired) electrons. The van der Waals surface area contributed by atoms with Crippen LogP contribution in [0.5, 0.6) is 0 Å². The maximum atomic E-state index is 13.0. The van der Waals surface area contributed by atoms with E-state index in [1.165, 1.54) is 0 Å². The fourth-order valence-corrected chi connectivity index (χ4v) is 5.58. The first-order valence-corrected chi connectivity index (χ1v) is 9.57. The van der Waals surface area contributed by atoms with Crippen molar-refractivity contribution in [1.82, 2.24) is 10.2 Å². The van der Waals surface area contributed by atoms with Crippen LogP contribution in [-0.2, 0) is 19.4 Å². The standard InChI is InChI=1S/C14H22N2O4S/c17-12-4-8-16(11-5-9-21(19,20)10-11)13(18)14(15-12)6-2-1-3-7-14/h11H,1-10H2,(H,15,17). The van der Waals surface area contributed by atoms with Crippen LogP contribution < -0.4 is 5.32 Å². The molecule has 118 valence electrons. The number of hydrogen-bond donors (Lipinski definition) is 1. The van der Waals surface area contributed by atoms with Crippen molar-refractivity contribution in [2.45, 2.75) is 56.5 Å². The summed E-state index contributed by atoms with van der Waals surface area (Å²) in [6, 6.07) is -0.256. The summed E-state index contributed by atoms with van der Waals surface area (Å²) in [6.45, 7) is 0.340. The molecule has 0 aromatic heterocycles. The quantitative estimate of drug-likeness (QED) is 0.751. The topological polar surface area (TPSA) is 83.6 Å². The van der Waals surface area contributed by atoms with E-state index in [9.17, 15) is 18.0 Å². The second-order valence-electron chi connectivity index (χ2n) is 6.50. The van der Waals surface area contributed by atoms with Gasteiger partial charge in [0.05, 0.1) is 11.5 Å². The van der Waals surface area contributed by atoms with Crippen molar-refractivity contribution in [3.63, 3.8) is 0 Å². The Kier molecular flexibility index (Phi) is 3.71. The lowest BCUT2D eigenvalue weighted by Gasteiger charge is -2.39. The van der Waals surface area contributed by atoms with Gasteiger partial charge in [-0.15, -0.1) is 0 Å². The number of hydrogen-bond acceptors (Lipinski definition) is 4. The van der Waals surface area contributed by atoms with Gasteiger partial charge in [-0.1, -0.05) is 19.3 Å². The molecule has 0 bridgehead atoms. The minimum atomic E-state index is -3.04. The Morgan fingerprint density at radius 2 is 1.86 bits per heavy atom. The summed E-state index contributed by atoms with van der Waals surface area (Å²) in [6.07, 6.45) is 5.07. The molecule has 6 nitrogen and oxygen atoms in total. The molecule has 0 aromatic carbocycles.